The minimum Gasteiger partial charge on any atom is -0.383 e. The molecule has 122 valence electrons. The second-order valence-electron chi connectivity index (χ2n) is 5.21. The highest BCUT2D eigenvalue weighted by Crippen LogP contribution is 2.35. The highest BCUT2D eigenvalue weighted by molar-refractivity contribution is 6.30. The maximum atomic E-state index is 11.3. The molecular weight excluding hydrogens is 340 g/mol. The van der Waals surface area contributed by atoms with Crippen LogP contribution in [0.4, 0.5) is 11.5 Å². The molecule has 1 heterocycles. The highest BCUT2D eigenvalue weighted by atomic mass is 35.5. The predicted octanol–water partition coefficient (Wildman–Crippen LogP) is 4.43. The van der Waals surface area contributed by atoms with Crippen molar-refractivity contribution in [2.45, 2.75) is 0 Å². The zero-order chi connectivity index (χ0) is 18.0. The van der Waals surface area contributed by atoms with Crippen LogP contribution in [-0.4, -0.2) is 9.91 Å². The molecule has 6 nitrogen and oxygen atoms in total. The fraction of sp³-hybridized carbons (Fsp3) is 0. The third-order valence-electron chi connectivity index (χ3n) is 3.69. The van der Waals surface area contributed by atoms with Gasteiger partial charge in [-0.25, -0.2) is 4.98 Å². The fourth-order valence-corrected chi connectivity index (χ4v) is 2.65. The molecule has 0 spiro atoms. The van der Waals surface area contributed by atoms with E-state index in [1.54, 1.807) is 48.5 Å². The van der Waals surface area contributed by atoms with Gasteiger partial charge in [0.05, 0.1) is 16.2 Å². The van der Waals surface area contributed by atoms with E-state index in [0.29, 0.717) is 21.8 Å². The average Bonchev–Trinajstić information content (AvgIpc) is 2.61. The Kier molecular flexibility index (Phi) is 4.33. The van der Waals surface area contributed by atoms with Gasteiger partial charge < -0.3 is 5.73 Å². The van der Waals surface area contributed by atoms with Gasteiger partial charge in [-0.2, -0.15) is 5.26 Å². The van der Waals surface area contributed by atoms with Gasteiger partial charge in [0, 0.05) is 16.7 Å². The number of para-hydroxylation sites is 1. The number of aromatic nitrogens is 1. The largest absolute Gasteiger partial charge is 0.383 e. The summed E-state index contributed by atoms with van der Waals surface area (Å²) in [6.45, 7) is 0. The van der Waals surface area contributed by atoms with E-state index in [1.807, 2.05) is 6.07 Å². The number of hydrogen-bond donors (Lipinski definition) is 1. The van der Waals surface area contributed by atoms with Crippen molar-refractivity contribution in [3.05, 3.63) is 75.3 Å². The van der Waals surface area contributed by atoms with Crippen LogP contribution in [0.5, 0.6) is 0 Å². The SMILES string of the molecule is N#Cc1c(-c2ccc(Cl)cc2)cc(-c2ccccc2[N+](=O)[O-])nc1N. The summed E-state index contributed by atoms with van der Waals surface area (Å²) in [6, 6.07) is 16.8. The molecule has 0 aliphatic heterocycles. The van der Waals surface area contributed by atoms with Gasteiger partial charge in [0.25, 0.3) is 5.69 Å². The fourth-order valence-electron chi connectivity index (χ4n) is 2.53. The molecule has 0 atom stereocenters. The van der Waals surface area contributed by atoms with Crippen molar-refractivity contribution in [1.82, 2.24) is 4.98 Å². The quantitative estimate of drug-likeness (QED) is 0.555. The van der Waals surface area contributed by atoms with Gasteiger partial charge in [-0.1, -0.05) is 35.9 Å². The van der Waals surface area contributed by atoms with Crippen LogP contribution in [0.1, 0.15) is 5.56 Å². The van der Waals surface area contributed by atoms with Crippen LogP contribution in [0.3, 0.4) is 0 Å². The molecule has 0 radical (unpaired) electrons. The summed E-state index contributed by atoms with van der Waals surface area (Å²) in [5.41, 5.74) is 7.98. The maximum Gasteiger partial charge on any atom is 0.278 e. The Labute approximate surface area is 148 Å². The number of halogens is 1. The molecule has 0 fully saturated rings. The highest BCUT2D eigenvalue weighted by Gasteiger charge is 2.19. The Balaban J connectivity index is 2.27. The van der Waals surface area contributed by atoms with Crippen LogP contribution in [0.25, 0.3) is 22.4 Å². The van der Waals surface area contributed by atoms with E-state index < -0.39 is 4.92 Å². The third kappa shape index (κ3) is 3.13. The molecule has 0 saturated carbocycles. The third-order valence-corrected chi connectivity index (χ3v) is 3.94. The molecule has 7 heteroatoms. The van der Waals surface area contributed by atoms with Crippen molar-refractivity contribution in [3.8, 4) is 28.5 Å². The first-order chi connectivity index (χ1) is 12.0. The molecule has 0 amide bonds. The molecule has 3 rings (SSSR count). The number of pyridine rings is 1. The lowest BCUT2D eigenvalue weighted by Crippen LogP contribution is -2.01. The molecule has 0 bridgehead atoms. The Morgan fingerprint density at radius 1 is 1.12 bits per heavy atom. The van der Waals surface area contributed by atoms with E-state index in [4.69, 9.17) is 17.3 Å². The average molecular weight is 351 g/mol. The molecule has 3 aromatic rings. The first kappa shape index (κ1) is 16.4. The van der Waals surface area contributed by atoms with Gasteiger partial charge in [-0.15, -0.1) is 0 Å². The first-order valence-electron chi connectivity index (χ1n) is 7.21. The summed E-state index contributed by atoms with van der Waals surface area (Å²) in [5.74, 6) is 0.0168. The van der Waals surface area contributed by atoms with Crippen molar-refractivity contribution in [1.29, 1.82) is 5.26 Å². The minimum atomic E-state index is -0.479. The van der Waals surface area contributed by atoms with Crippen molar-refractivity contribution in [2.24, 2.45) is 0 Å². The van der Waals surface area contributed by atoms with Gasteiger partial charge >= 0.3 is 0 Å². The van der Waals surface area contributed by atoms with Gasteiger partial charge in [0.2, 0.25) is 0 Å². The molecule has 1 aromatic heterocycles. The summed E-state index contributed by atoms with van der Waals surface area (Å²) in [6.07, 6.45) is 0. The van der Waals surface area contributed by atoms with E-state index in [2.05, 4.69) is 4.98 Å². The Bertz CT molecular complexity index is 1010. The summed E-state index contributed by atoms with van der Waals surface area (Å²) < 4.78 is 0. The number of anilines is 1. The summed E-state index contributed by atoms with van der Waals surface area (Å²) in [5, 5.41) is 21.2. The number of hydrogen-bond acceptors (Lipinski definition) is 5. The predicted molar refractivity (Wildman–Crippen MR) is 95.9 cm³/mol. The Morgan fingerprint density at radius 2 is 1.80 bits per heavy atom. The van der Waals surface area contributed by atoms with Gasteiger partial charge in [0.15, 0.2) is 0 Å². The van der Waals surface area contributed by atoms with Gasteiger partial charge in [-0.3, -0.25) is 10.1 Å². The molecule has 2 N–H and O–H groups in total. The topological polar surface area (TPSA) is 106 Å². The number of nitro groups is 1. The van der Waals surface area contributed by atoms with Crippen LogP contribution in [0.15, 0.2) is 54.6 Å². The maximum absolute atomic E-state index is 11.3. The summed E-state index contributed by atoms with van der Waals surface area (Å²) in [7, 11) is 0. The Morgan fingerprint density at radius 3 is 2.44 bits per heavy atom. The summed E-state index contributed by atoms with van der Waals surface area (Å²) in [4.78, 5) is 15.0. The van der Waals surface area contributed by atoms with Crippen LogP contribution in [0, 0.1) is 21.4 Å². The molecule has 0 aliphatic carbocycles. The van der Waals surface area contributed by atoms with Gasteiger partial charge in [-0.05, 0) is 29.8 Å². The normalized spacial score (nSPS) is 10.2. The zero-order valence-corrected chi connectivity index (χ0v) is 13.6. The molecule has 25 heavy (non-hydrogen) atoms. The monoisotopic (exact) mass is 350 g/mol. The first-order valence-corrected chi connectivity index (χ1v) is 7.59. The molecular formula is C18H11ClN4O2. The standard InChI is InChI=1S/C18H11ClN4O2/c19-12-7-5-11(6-8-12)14-9-16(22-18(21)15(14)10-20)13-3-1-2-4-17(13)23(24)25/h1-9H,(H2,21,22). The second kappa shape index (κ2) is 6.59. The van der Waals surface area contributed by atoms with Crippen LogP contribution in [-0.2, 0) is 0 Å². The smallest absolute Gasteiger partial charge is 0.278 e. The van der Waals surface area contributed by atoms with E-state index in [1.165, 1.54) is 6.07 Å². The lowest BCUT2D eigenvalue weighted by molar-refractivity contribution is -0.384. The van der Waals surface area contributed by atoms with Crippen LogP contribution < -0.4 is 5.73 Å². The molecule has 2 aromatic carbocycles. The van der Waals surface area contributed by atoms with Crippen LogP contribution >= 0.6 is 11.6 Å². The van der Waals surface area contributed by atoms with Crippen molar-refractivity contribution in [3.63, 3.8) is 0 Å². The summed E-state index contributed by atoms with van der Waals surface area (Å²) >= 11 is 5.91. The molecule has 0 aliphatic rings. The number of nitriles is 1. The zero-order valence-electron chi connectivity index (χ0n) is 12.8. The lowest BCUT2D eigenvalue weighted by Gasteiger charge is -2.10. The number of rotatable bonds is 3. The number of benzene rings is 2. The van der Waals surface area contributed by atoms with Crippen molar-refractivity contribution in [2.75, 3.05) is 5.73 Å². The number of nitrogens with zero attached hydrogens (tertiary/aromatic N) is 3. The molecule has 0 unspecified atom stereocenters. The van der Waals surface area contributed by atoms with Crippen molar-refractivity contribution >= 4 is 23.1 Å². The Hall–Kier alpha value is -3.43. The van der Waals surface area contributed by atoms with Crippen LogP contribution in [0.2, 0.25) is 5.02 Å². The number of nitrogens with two attached hydrogens (primary N) is 1. The van der Waals surface area contributed by atoms with E-state index in [-0.39, 0.29) is 17.1 Å². The van der Waals surface area contributed by atoms with E-state index in [9.17, 15) is 15.4 Å². The second-order valence-corrected chi connectivity index (χ2v) is 5.64. The number of nitrogen functional groups attached to an aromatic ring is 1. The van der Waals surface area contributed by atoms with E-state index in [0.717, 1.165) is 5.56 Å². The molecule has 0 saturated heterocycles. The number of nitro benzene ring substituents is 1. The lowest BCUT2D eigenvalue weighted by atomic mass is 9.98. The van der Waals surface area contributed by atoms with Gasteiger partial charge in [0.1, 0.15) is 17.5 Å². The minimum absolute atomic E-state index is 0.0168. The van der Waals surface area contributed by atoms with E-state index >= 15 is 0 Å². The van der Waals surface area contributed by atoms with Crippen molar-refractivity contribution < 1.29 is 4.92 Å².